The van der Waals surface area contributed by atoms with Crippen LogP contribution in [0.4, 0.5) is 13.2 Å². The van der Waals surface area contributed by atoms with Crippen LogP contribution in [-0.2, 0) is 4.74 Å². The van der Waals surface area contributed by atoms with Gasteiger partial charge in [-0.3, -0.25) is 0 Å². The molecule has 0 rings (SSSR count). The fourth-order valence-electron chi connectivity index (χ4n) is 1.39. The quantitative estimate of drug-likeness (QED) is 0.638. The molecule has 0 amide bonds. The Hall–Kier alpha value is -0.290. The lowest BCUT2D eigenvalue weighted by Crippen LogP contribution is -2.39. The average Bonchev–Trinajstić information content (AvgIpc) is 2.26. The summed E-state index contributed by atoms with van der Waals surface area (Å²) in [4.78, 5) is 0. The van der Waals surface area contributed by atoms with E-state index in [0.29, 0.717) is 6.42 Å². The first-order valence-corrected chi connectivity index (χ1v) is 6.11. The predicted molar refractivity (Wildman–Crippen MR) is 60.9 cm³/mol. The first-order chi connectivity index (χ1) is 8.29. The highest BCUT2D eigenvalue weighted by molar-refractivity contribution is 4.72. The summed E-state index contributed by atoms with van der Waals surface area (Å²) in [6.07, 6.45) is -3.16. The Morgan fingerprint density at radius 2 is 1.71 bits per heavy atom. The van der Waals surface area contributed by atoms with Gasteiger partial charge in [0.15, 0.2) is 6.10 Å². The Labute approximate surface area is 103 Å². The third-order valence-corrected chi connectivity index (χ3v) is 2.52. The second kappa shape index (κ2) is 8.75. The molecule has 0 aromatic rings. The van der Waals surface area contributed by atoms with Gasteiger partial charge in [0.05, 0.1) is 7.47 Å². The van der Waals surface area contributed by atoms with Gasteiger partial charge in [-0.05, 0) is 13.3 Å². The van der Waals surface area contributed by atoms with E-state index in [1.807, 2.05) is 0 Å². The SMILES string of the molecule is [2H][C@@H](CCCCCCC)O[C@@H](C)[C@H](O)C(F)(F)F. The van der Waals surface area contributed by atoms with Gasteiger partial charge < -0.3 is 9.84 Å². The third kappa shape index (κ3) is 8.44. The second-order valence-electron chi connectivity index (χ2n) is 4.20. The van der Waals surface area contributed by atoms with E-state index < -0.39 is 25.0 Å². The van der Waals surface area contributed by atoms with Gasteiger partial charge in [0.25, 0.3) is 0 Å². The van der Waals surface area contributed by atoms with Crippen LogP contribution in [0.1, 0.15) is 53.7 Å². The fraction of sp³-hybridized carbons (Fsp3) is 1.00. The summed E-state index contributed by atoms with van der Waals surface area (Å²) < 4.78 is 48.8. The van der Waals surface area contributed by atoms with Crippen LogP contribution >= 0.6 is 0 Å². The highest BCUT2D eigenvalue weighted by Gasteiger charge is 2.42. The van der Waals surface area contributed by atoms with Crippen LogP contribution in [0.5, 0.6) is 0 Å². The summed E-state index contributed by atoms with van der Waals surface area (Å²) in [5.74, 6) is 0. The molecule has 0 saturated heterocycles. The number of hydrogen-bond acceptors (Lipinski definition) is 2. The van der Waals surface area contributed by atoms with Gasteiger partial charge in [0, 0.05) is 6.58 Å². The minimum absolute atomic E-state index is 0.401. The lowest BCUT2D eigenvalue weighted by molar-refractivity contribution is -0.234. The molecule has 0 aliphatic rings. The maximum atomic E-state index is 12.2. The van der Waals surface area contributed by atoms with Crippen molar-refractivity contribution in [3.8, 4) is 0 Å². The van der Waals surface area contributed by atoms with Gasteiger partial charge in [-0.2, -0.15) is 13.2 Å². The molecule has 0 spiro atoms. The van der Waals surface area contributed by atoms with Crippen molar-refractivity contribution in [1.82, 2.24) is 0 Å². The molecule has 0 saturated carbocycles. The van der Waals surface area contributed by atoms with Gasteiger partial charge in [-0.15, -0.1) is 0 Å². The first kappa shape index (κ1) is 14.8. The van der Waals surface area contributed by atoms with Crippen LogP contribution in [0.25, 0.3) is 0 Å². The third-order valence-electron chi connectivity index (χ3n) is 2.52. The molecule has 0 aromatic heterocycles. The maximum Gasteiger partial charge on any atom is 0.416 e. The summed E-state index contributed by atoms with van der Waals surface area (Å²) in [6, 6.07) is 0. The second-order valence-corrected chi connectivity index (χ2v) is 4.20. The van der Waals surface area contributed by atoms with E-state index in [0.717, 1.165) is 39.0 Å². The zero-order valence-corrected chi connectivity index (χ0v) is 10.5. The maximum absolute atomic E-state index is 12.2. The lowest BCUT2D eigenvalue weighted by Gasteiger charge is -2.21. The molecule has 0 aliphatic heterocycles. The van der Waals surface area contributed by atoms with Crippen LogP contribution in [-0.4, -0.2) is 30.1 Å². The standard InChI is InChI=1S/C12H23F3O2/c1-3-4-5-6-7-8-9-17-10(2)11(16)12(13,14)15/h10-11,16H,3-9H2,1-2H3/t10-,11-/m0/s1/i9D/t9-,10-,11-. The molecule has 1 N–H and O–H groups in total. The lowest BCUT2D eigenvalue weighted by atomic mass is 10.1. The van der Waals surface area contributed by atoms with E-state index in [2.05, 4.69) is 6.92 Å². The molecule has 0 unspecified atom stereocenters. The largest absolute Gasteiger partial charge is 0.416 e. The average molecular weight is 257 g/mol. The smallest absolute Gasteiger partial charge is 0.381 e. The van der Waals surface area contributed by atoms with E-state index in [1.54, 1.807) is 0 Å². The molecule has 17 heavy (non-hydrogen) atoms. The van der Waals surface area contributed by atoms with Crippen LogP contribution in [0.3, 0.4) is 0 Å². The van der Waals surface area contributed by atoms with Crippen LogP contribution < -0.4 is 0 Å². The molecular formula is C12H23F3O2. The van der Waals surface area contributed by atoms with Crippen LogP contribution in [0.2, 0.25) is 0 Å². The Morgan fingerprint density at radius 1 is 1.18 bits per heavy atom. The molecule has 5 heteroatoms. The fourth-order valence-corrected chi connectivity index (χ4v) is 1.39. The Kier molecular flexibility index (Phi) is 7.60. The summed E-state index contributed by atoms with van der Waals surface area (Å²) in [7, 11) is 0. The molecule has 0 aliphatic carbocycles. The zero-order valence-electron chi connectivity index (χ0n) is 11.5. The van der Waals surface area contributed by atoms with Gasteiger partial charge in [0.1, 0.15) is 0 Å². The van der Waals surface area contributed by atoms with Crippen LogP contribution in [0.15, 0.2) is 0 Å². The number of unbranched alkanes of at least 4 members (excludes halogenated alkanes) is 4. The summed E-state index contributed by atoms with van der Waals surface area (Å²) in [5, 5.41) is 8.91. The molecule has 0 radical (unpaired) electrons. The normalized spacial score (nSPS) is 18.6. The molecule has 0 bridgehead atoms. The summed E-state index contributed by atoms with van der Waals surface area (Å²) in [6.45, 7) is 2.23. The van der Waals surface area contributed by atoms with Crippen molar-refractivity contribution in [2.75, 3.05) is 6.58 Å². The predicted octanol–water partition coefficient (Wildman–Crippen LogP) is 3.68. The number of alkyl halides is 3. The van der Waals surface area contributed by atoms with Gasteiger partial charge in [-0.25, -0.2) is 0 Å². The molecule has 0 heterocycles. The minimum atomic E-state index is -4.69. The van der Waals surface area contributed by atoms with Crippen molar-refractivity contribution in [3.05, 3.63) is 0 Å². The van der Waals surface area contributed by atoms with Gasteiger partial charge in [0.2, 0.25) is 0 Å². The molecule has 2 nitrogen and oxygen atoms in total. The molecule has 0 aromatic carbocycles. The number of ether oxygens (including phenoxy) is 1. The van der Waals surface area contributed by atoms with E-state index >= 15 is 0 Å². The molecule has 3 atom stereocenters. The van der Waals surface area contributed by atoms with Gasteiger partial charge in [-0.1, -0.05) is 39.0 Å². The number of hydrogen-bond donors (Lipinski definition) is 1. The van der Waals surface area contributed by atoms with E-state index in [9.17, 15) is 13.2 Å². The van der Waals surface area contributed by atoms with Gasteiger partial charge >= 0.3 is 6.18 Å². The van der Waals surface area contributed by atoms with E-state index in [1.165, 1.54) is 0 Å². The molecule has 0 fully saturated rings. The number of rotatable bonds is 9. The number of aliphatic hydroxyl groups excluding tert-OH is 1. The van der Waals surface area contributed by atoms with Crippen molar-refractivity contribution in [2.24, 2.45) is 0 Å². The van der Waals surface area contributed by atoms with Crippen molar-refractivity contribution in [1.29, 1.82) is 0 Å². The highest BCUT2D eigenvalue weighted by atomic mass is 19.4. The highest BCUT2D eigenvalue weighted by Crippen LogP contribution is 2.23. The number of halogens is 3. The Balaban J connectivity index is 3.77. The molecular weight excluding hydrogens is 233 g/mol. The van der Waals surface area contributed by atoms with Crippen molar-refractivity contribution in [3.63, 3.8) is 0 Å². The van der Waals surface area contributed by atoms with Crippen molar-refractivity contribution < 1.29 is 24.4 Å². The first-order valence-electron chi connectivity index (χ1n) is 6.69. The van der Waals surface area contributed by atoms with E-state index in [-0.39, 0.29) is 0 Å². The zero-order chi connectivity index (χ0) is 14.2. The monoisotopic (exact) mass is 257 g/mol. The van der Waals surface area contributed by atoms with Crippen LogP contribution in [0, 0.1) is 0 Å². The Morgan fingerprint density at radius 3 is 2.24 bits per heavy atom. The van der Waals surface area contributed by atoms with Crippen molar-refractivity contribution in [2.45, 2.75) is 70.8 Å². The van der Waals surface area contributed by atoms with Crippen molar-refractivity contribution >= 4 is 0 Å². The summed E-state index contributed by atoms with van der Waals surface area (Å²) >= 11 is 0. The topological polar surface area (TPSA) is 29.5 Å². The van der Waals surface area contributed by atoms with E-state index in [4.69, 9.17) is 11.2 Å². The minimum Gasteiger partial charge on any atom is -0.381 e. The molecule has 104 valence electrons. The summed E-state index contributed by atoms with van der Waals surface area (Å²) in [5.41, 5.74) is 0. The Bertz CT molecular complexity index is 212. The number of aliphatic hydroxyl groups is 1.